The molecule has 0 radical (unpaired) electrons. The summed E-state index contributed by atoms with van der Waals surface area (Å²) < 4.78 is 57.7. The second-order valence-electron chi connectivity index (χ2n) is 2.03. The molecule has 74 valence electrons. The largest absolute Gasteiger partial charge is 0.516 e. The number of anilines is 1. The number of thiophene rings is 1. The Morgan fingerprint density at radius 1 is 1.38 bits per heavy atom. The van der Waals surface area contributed by atoms with Gasteiger partial charge >= 0.3 is 15.5 Å². The highest BCUT2D eigenvalue weighted by Gasteiger charge is 2.46. The molecule has 0 bridgehead atoms. The first kappa shape index (κ1) is 10.3. The minimum Gasteiger partial charge on any atom is -0.267 e. The average molecular weight is 231 g/mol. The summed E-state index contributed by atoms with van der Waals surface area (Å²) in [6.07, 6.45) is 0. The Morgan fingerprint density at radius 3 is 2.38 bits per heavy atom. The first-order valence-electron chi connectivity index (χ1n) is 2.95. The molecule has 0 spiro atoms. The van der Waals surface area contributed by atoms with E-state index in [1.54, 1.807) is 0 Å². The third-order valence-electron chi connectivity index (χ3n) is 1.06. The zero-order valence-electron chi connectivity index (χ0n) is 6.00. The summed E-state index contributed by atoms with van der Waals surface area (Å²) in [6.45, 7) is 0. The normalized spacial score (nSPS) is 12.8. The van der Waals surface area contributed by atoms with Gasteiger partial charge in [-0.15, -0.1) is 11.3 Å². The summed E-state index contributed by atoms with van der Waals surface area (Å²) in [5.74, 6) is 0. The van der Waals surface area contributed by atoms with Crippen molar-refractivity contribution in [1.29, 1.82) is 0 Å². The van der Waals surface area contributed by atoms with Gasteiger partial charge in [0.25, 0.3) is 0 Å². The van der Waals surface area contributed by atoms with Gasteiger partial charge in [0.2, 0.25) is 0 Å². The van der Waals surface area contributed by atoms with Crippen molar-refractivity contribution in [3.8, 4) is 0 Å². The van der Waals surface area contributed by atoms with Crippen molar-refractivity contribution in [2.45, 2.75) is 5.51 Å². The molecule has 0 saturated heterocycles. The average Bonchev–Trinajstić information content (AvgIpc) is 2.35. The van der Waals surface area contributed by atoms with E-state index < -0.39 is 15.5 Å². The second kappa shape index (κ2) is 3.18. The molecule has 1 heterocycles. The topological polar surface area (TPSA) is 46.2 Å². The van der Waals surface area contributed by atoms with Gasteiger partial charge in [0, 0.05) is 0 Å². The fraction of sp³-hybridized carbons (Fsp3) is 0.200. The van der Waals surface area contributed by atoms with E-state index in [2.05, 4.69) is 0 Å². The van der Waals surface area contributed by atoms with Crippen LogP contribution < -0.4 is 4.72 Å². The van der Waals surface area contributed by atoms with Gasteiger partial charge in [-0.3, -0.25) is 4.72 Å². The molecule has 1 N–H and O–H groups in total. The molecule has 0 aromatic carbocycles. The number of sulfonamides is 1. The molecule has 0 saturated carbocycles. The first-order valence-corrected chi connectivity index (χ1v) is 5.32. The molecule has 0 aliphatic rings. The molecule has 0 fully saturated rings. The molecule has 8 heteroatoms. The molecular formula is C5H4F3NO2S2. The van der Waals surface area contributed by atoms with E-state index in [1.165, 1.54) is 22.2 Å². The van der Waals surface area contributed by atoms with Gasteiger partial charge in [0.1, 0.15) is 5.00 Å². The summed E-state index contributed by atoms with van der Waals surface area (Å²) in [6, 6.07) is 2.69. The summed E-state index contributed by atoms with van der Waals surface area (Å²) in [5, 5.41) is 1.41. The van der Waals surface area contributed by atoms with Gasteiger partial charge in [-0.1, -0.05) is 0 Å². The van der Waals surface area contributed by atoms with Crippen LogP contribution >= 0.6 is 11.3 Å². The van der Waals surface area contributed by atoms with Crippen molar-refractivity contribution in [3.05, 3.63) is 17.5 Å². The van der Waals surface area contributed by atoms with Crippen LogP contribution in [0.4, 0.5) is 18.2 Å². The Hall–Kier alpha value is -0.760. The highest BCUT2D eigenvalue weighted by atomic mass is 32.2. The Labute approximate surface area is 76.2 Å². The minimum atomic E-state index is -5.27. The van der Waals surface area contributed by atoms with Crippen LogP contribution in [-0.4, -0.2) is 13.9 Å². The van der Waals surface area contributed by atoms with Crippen LogP contribution in [0, 0.1) is 0 Å². The summed E-state index contributed by atoms with van der Waals surface area (Å²) in [4.78, 5) is 0. The van der Waals surface area contributed by atoms with Crippen LogP contribution in [0.25, 0.3) is 0 Å². The van der Waals surface area contributed by atoms with Crippen molar-refractivity contribution in [3.63, 3.8) is 0 Å². The maximum absolute atomic E-state index is 11.8. The zero-order chi connectivity index (χ0) is 10.1. The zero-order valence-corrected chi connectivity index (χ0v) is 7.63. The van der Waals surface area contributed by atoms with E-state index >= 15 is 0 Å². The van der Waals surface area contributed by atoms with Crippen molar-refractivity contribution >= 4 is 26.4 Å². The standard InChI is InChI=1S/C5H4F3NO2S2/c6-5(7,8)13(10,11)9-4-2-1-3-12-4/h1-3,9H. The van der Waals surface area contributed by atoms with Gasteiger partial charge in [0.15, 0.2) is 0 Å². The van der Waals surface area contributed by atoms with E-state index in [4.69, 9.17) is 0 Å². The molecule has 0 aliphatic carbocycles. The van der Waals surface area contributed by atoms with Crippen LogP contribution in [-0.2, 0) is 10.0 Å². The van der Waals surface area contributed by atoms with E-state index in [0.717, 1.165) is 11.3 Å². The van der Waals surface area contributed by atoms with Crippen LogP contribution in [0.5, 0.6) is 0 Å². The number of nitrogens with one attached hydrogen (secondary N) is 1. The molecule has 0 unspecified atom stereocenters. The van der Waals surface area contributed by atoms with Crippen LogP contribution in [0.2, 0.25) is 0 Å². The smallest absolute Gasteiger partial charge is 0.267 e. The Kier molecular flexibility index (Phi) is 2.53. The quantitative estimate of drug-likeness (QED) is 0.846. The number of rotatable bonds is 2. The molecule has 0 atom stereocenters. The molecule has 1 rings (SSSR count). The van der Waals surface area contributed by atoms with E-state index in [0.29, 0.717) is 0 Å². The SMILES string of the molecule is O=S(=O)(Nc1cccs1)C(F)(F)F. The van der Waals surface area contributed by atoms with Crippen molar-refractivity contribution in [2.75, 3.05) is 4.72 Å². The fourth-order valence-corrected chi connectivity index (χ4v) is 1.96. The lowest BCUT2D eigenvalue weighted by Gasteiger charge is -2.07. The lowest BCUT2D eigenvalue weighted by atomic mass is 10.6. The van der Waals surface area contributed by atoms with Crippen LogP contribution in [0.1, 0.15) is 0 Å². The molecule has 1 aromatic heterocycles. The lowest BCUT2D eigenvalue weighted by Crippen LogP contribution is -2.29. The Balaban J connectivity index is 2.87. The molecule has 1 aromatic rings. The Bertz CT molecular complexity index is 367. The third kappa shape index (κ3) is 2.34. The Morgan fingerprint density at radius 2 is 2.00 bits per heavy atom. The van der Waals surface area contributed by atoms with Crippen LogP contribution in [0.15, 0.2) is 17.5 Å². The van der Waals surface area contributed by atoms with E-state index in [-0.39, 0.29) is 5.00 Å². The minimum absolute atomic E-state index is 0.0580. The van der Waals surface area contributed by atoms with Crippen LogP contribution in [0.3, 0.4) is 0 Å². The van der Waals surface area contributed by atoms with Crippen molar-refractivity contribution in [1.82, 2.24) is 0 Å². The number of halogens is 3. The monoisotopic (exact) mass is 231 g/mol. The third-order valence-corrected chi connectivity index (χ3v) is 3.07. The number of alkyl halides is 3. The maximum Gasteiger partial charge on any atom is 0.516 e. The van der Waals surface area contributed by atoms with Gasteiger partial charge in [-0.25, -0.2) is 0 Å². The summed E-state index contributed by atoms with van der Waals surface area (Å²) >= 11 is 0.876. The molecule has 0 aliphatic heterocycles. The van der Waals surface area contributed by atoms with E-state index in [9.17, 15) is 21.6 Å². The highest BCUT2D eigenvalue weighted by Crippen LogP contribution is 2.27. The van der Waals surface area contributed by atoms with Crippen molar-refractivity contribution < 1.29 is 21.6 Å². The van der Waals surface area contributed by atoms with E-state index in [1.807, 2.05) is 0 Å². The highest BCUT2D eigenvalue weighted by molar-refractivity contribution is 7.93. The van der Waals surface area contributed by atoms with Gasteiger partial charge in [-0.2, -0.15) is 21.6 Å². The predicted octanol–water partition coefficient (Wildman–Crippen LogP) is 2.01. The molecule has 3 nitrogen and oxygen atoms in total. The predicted molar refractivity (Wildman–Crippen MR) is 42.9 cm³/mol. The molecule has 13 heavy (non-hydrogen) atoms. The fourth-order valence-electron chi connectivity index (χ4n) is 0.527. The number of hydrogen-bond donors (Lipinski definition) is 1. The maximum atomic E-state index is 11.8. The second-order valence-corrected chi connectivity index (χ2v) is 4.65. The summed E-state index contributed by atoms with van der Waals surface area (Å²) in [5.41, 5.74) is -5.27. The lowest BCUT2D eigenvalue weighted by molar-refractivity contribution is -0.0429. The van der Waals surface area contributed by atoms with Gasteiger partial charge < -0.3 is 0 Å². The first-order chi connectivity index (χ1) is 5.83. The van der Waals surface area contributed by atoms with Gasteiger partial charge in [-0.05, 0) is 17.5 Å². The number of hydrogen-bond acceptors (Lipinski definition) is 3. The van der Waals surface area contributed by atoms with Crippen molar-refractivity contribution in [2.24, 2.45) is 0 Å². The summed E-state index contributed by atoms with van der Waals surface area (Å²) in [7, 11) is -5.26. The van der Waals surface area contributed by atoms with Gasteiger partial charge in [0.05, 0.1) is 0 Å². The molecular weight excluding hydrogens is 227 g/mol. The molecule has 0 amide bonds.